The van der Waals surface area contributed by atoms with Crippen molar-refractivity contribution in [1.29, 1.82) is 0 Å². The van der Waals surface area contributed by atoms with Crippen LogP contribution in [0.15, 0.2) is 42.6 Å². The number of esters is 1. The van der Waals surface area contributed by atoms with Gasteiger partial charge in [0.2, 0.25) is 0 Å². The number of hydrogen-bond donors (Lipinski definition) is 1. The lowest BCUT2D eigenvalue weighted by atomic mass is 10.0. The number of aryl methyl sites for hydroxylation is 1. The van der Waals surface area contributed by atoms with Gasteiger partial charge in [0.05, 0.1) is 45.2 Å². The molecular weight excluding hydrogens is 418 g/mol. The molecule has 0 aliphatic carbocycles. The smallest absolute Gasteiger partial charge is 0.307 e. The molecule has 3 aromatic rings. The van der Waals surface area contributed by atoms with Gasteiger partial charge in [0.1, 0.15) is 9.88 Å². The average molecular weight is 442 g/mol. The predicted molar refractivity (Wildman–Crippen MR) is 116 cm³/mol. The Morgan fingerprint density at radius 2 is 1.87 bits per heavy atom. The van der Waals surface area contributed by atoms with E-state index in [1.54, 1.807) is 31.3 Å². The Labute approximate surface area is 184 Å². The Morgan fingerprint density at radius 3 is 2.52 bits per heavy atom. The molecule has 1 N–H and O–H groups in total. The lowest BCUT2D eigenvalue weighted by molar-refractivity contribution is -0.141. The van der Waals surface area contributed by atoms with Crippen LogP contribution in [0.2, 0.25) is 0 Å². The number of nitrogens with one attached hydrogen (secondary N) is 1. The largest absolute Gasteiger partial charge is 0.493 e. The molecule has 0 aliphatic rings. The average Bonchev–Trinajstić information content (AvgIpc) is 3.20. The second-order valence-corrected chi connectivity index (χ2v) is 7.57. The zero-order valence-corrected chi connectivity index (χ0v) is 18.5. The van der Waals surface area contributed by atoms with Gasteiger partial charge in [-0.05, 0) is 36.8 Å². The van der Waals surface area contributed by atoms with Crippen molar-refractivity contribution in [3.05, 3.63) is 58.7 Å². The predicted octanol–water partition coefficient (Wildman–Crippen LogP) is 3.56. The Balaban J connectivity index is 1.89. The second-order valence-electron chi connectivity index (χ2n) is 6.57. The molecule has 0 saturated carbocycles. The first-order valence-electron chi connectivity index (χ1n) is 9.45. The van der Waals surface area contributed by atoms with Gasteiger partial charge >= 0.3 is 5.97 Å². The number of thiazole rings is 1. The van der Waals surface area contributed by atoms with Gasteiger partial charge in [0.15, 0.2) is 11.5 Å². The SMILES string of the molecule is COC(=O)C[C@H](NC(=O)c1sc(-c2ccccn2)nc1C)c1ccc(OC)c(OC)c1. The summed E-state index contributed by atoms with van der Waals surface area (Å²) in [6.45, 7) is 1.77. The second kappa shape index (κ2) is 10.0. The Hall–Kier alpha value is -3.46. The number of aromatic nitrogens is 2. The number of benzene rings is 1. The molecule has 8 nitrogen and oxygen atoms in total. The standard InChI is InChI=1S/C22H23N3O5S/c1-13-20(31-22(24-13)15-7-5-6-10-23-15)21(27)25-16(12-19(26)30-4)14-8-9-17(28-2)18(11-14)29-3/h5-11,16H,12H2,1-4H3,(H,25,27)/t16-/m0/s1. The first-order chi connectivity index (χ1) is 15.0. The van der Waals surface area contributed by atoms with Gasteiger partial charge in [-0.15, -0.1) is 11.3 Å². The molecule has 1 atom stereocenters. The van der Waals surface area contributed by atoms with Crippen LogP contribution in [-0.2, 0) is 9.53 Å². The third kappa shape index (κ3) is 5.18. The molecule has 0 aliphatic heterocycles. The van der Waals surface area contributed by atoms with Crippen LogP contribution in [-0.4, -0.2) is 43.2 Å². The quantitative estimate of drug-likeness (QED) is 0.534. The van der Waals surface area contributed by atoms with E-state index in [4.69, 9.17) is 14.2 Å². The first-order valence-corrected chi connectivity index (χ1v) is 10.3. The summed E-state index contributed by atoms with van der Waals surface area (Å²) in [5, 5.41) is 3.57. The van der Waals surface area contributed by atoms with Crippen molar-refractivity contribution in [1.82, 2.24) is 15.3 Å². The highest BCUT2D eigenvalue weighted by atomic mass is 32.1. The van der Waals surface area contributed by atoms with Gasteiger partial charge in [0.25, 0.3) is 5.91 Å². The molecule has 9 heteroatoms. The van der Waals surface area contributed by atoms with Crippen LogP contribution in [0.3, 0.4) is 0 Å². The van der Waals surface area contributed by atoms with E-state index >= 15 is 0 Å². The molecule has 0 fully saturated rings. The Morgan fingerprint density at radius 1 is 1.10 bits per heavy atom. The summed E-state index contributed by atoms with van der Waals surface area (Å²) in [4.78, 5) is 34.3. The molecule has 0 spiro atoms. The van der Waals surface area contributed by atoms with Crippen LogP contribution in [0.5, 0.6) is 11.5 Å². The van der Waals surface area contributed by atoms with Crippen molar-refractivity contribution in [3.63, 3.8) is 0 Å². The van der Waals surface area contributed by atoms with E-state index in [0.29, 0.717) is 38.3 Å². The van der Waals surface area contributed by atoms with E-state index in [9.17, 15) is 9.59 Å². The maximum Gasteiger partial charge on any atom is 0.307 e. The number of methoxy groups -OCH3 is 3. The number of pyridine rings is 1. The number of carbonyl (C=O) groups excluding carboxylic acids is 2. The minimum absolute atomic E-state index is 0.0390. The molecule has 2 aromatic heterocycles. The van der Waals surface area contributed by atoms with E-state index in [1.807, 2.05) is 18.2 Å². The van der Waals surface area contributed by atoms with Gasteiger partial charge in [-0.25, -0.2) is 4.98 Å². The van der Waals surface area contributed by atoms with Gasteiger partial charge in [0, 0.05) is 6.20 Å². The van der Waals surface area contributed by atoms with Crippen molar-refractivity contribution in [3.8, 4) is 22.2 Å². The zero-order valence-electron chi connectivity index (χ0n) is 17.7. The van der Waals surface area contributed by atoms with Crippen molar-refractivity contribution >= 4 is 23.2 Å². The summed E-state index contributed by atoms with van der Waals surface area (Å²) >= 11 is 1.25. The van der Waals surface area contributed by atoms with Gasteiger partial charge in [-0.3, -0.25) is 14.6 Å². The summed E-state index contributed by atoms with van der Waals surface area (Å²) in [5.74, 6) is 0.263. The van der Waals surface area contributed by atoms with Crippen LogP contribution >= 0.6 is 11.3 Å². The zero-order chi connectivity index (χ0) is 22.4. The number of rotatable bonds is 8. The molecule has 0 unspecified atom stereocenters. The van der Waals surface area contributed by atoms with Gasteiger partial charge < -0.3 is 19.5 Å². The Bertz CT molecular complexity index is 1070. The van der Waals surface area contributed by atoms with Crippen molar-refractivity contribution in [2.45, 2.75) is 19.4 Å². The highest BCUT2D eigenvalue weighted by Crippen LogP contribution is 2.32. The molecule has 0 bridgehead atoms. The lowest BCUT2D eigenvalue weighted by Gasteiger charge is -2.19. The molecule has 0 saturated heterocycles. The number of nitrogens with zero attached hydrogens (tertiary/aromatic N) is 2. The highest BCUT2D eigenvalue weighted by molar-refractivity contribution is 7.17. The van der Waals surface area contributed by atoms with E-state index in [1.165, 1.54) is 32.7 Å². The molecule has 2 heterocycles. The maximum atomic E-state index is 13.1. The van der Waals surface area contributed by atoms with E-state index in [0.717, 1.165) is 0 Å². The van der Waals surface area contributed by atoms with Crippen molar-refractivity contribution in [2.24, 2.45) is 0 Å². The van der Waals surface area contributed by atoms with Gasteiger partial charge in [-0.2, -0.15) is 0 Å². The van der Waals surface area contributed by atoms with Crippen LogP contribution in [0, 0.1) is 6.92 Å². The molecule has 0 radical (unpaired) electrons. The van der Waals surface area contributed by atoms with E-state index in [-0.39, 0.29) is 12.3 Å². The monoisotopic (exact) mass is 441 g/mol. The fourth-order valence-electron chi connectivity index (χ4n) is 3.00. The lowest BCUT2D eigenvalue weighted by Crippen LogP contribution is -2.30. The van der Waals surface area contributed by atoms with Crippen molar-refractivity contribution in [2.75, 3.05) is 21.3 Å². The minimum atomic E-state index is -0.625. The van der Waals surface area contributed by atoms with Crippen LogP contribution in [0.4, 0.5) is 0 Å². The first kappa shape index (κ1) is 22.2. The van der Waals surface area contributed by atoms with Crippen molar-refractivity contribution < 1.29 is 23.8 Å². The normalized spacial score (nSPS) is 11.5. The number of hydrogen-bond acceptors (Lipinski definition) is 8. The van der Waals surface area contributed by atoms with Crippen LogP contribution in [0.1, 0.15) is 33.4 Å². The fraction of sp³-hybridized carbons (Fsp3) is 0.273. The summed E-state index contributed by atoms with van der Waals surface area (Å²) < 4.78 is 15.4. The third-order valence-corrected chi connectivity index (χ3v) is 5.78. The summed E-state index contributed by atoms with van der Waals surface area (Å²) in [6.07, 6.45) is 1.64. The maximum absolute atomic E-state index is 13.1. The summed E-state index contributed by atoms with van der Waals surface area (Å²) in [7, 11) is 4.37. The third-order valence-electron chi connectivity index (χ3n) is 4.60. The number of ether oxygens (including phenoxy) is 3. The topological polar surface area (TPSA) is 99.6 Å². The molecule has 31 heavy (non-hydrogen) atoms. The van der Waals surface area contributed by atoms with Gasteiger partial charge in [-0.1, -0.05) is 12.1 Å². The number of carbonyl (C=O) groups is 2. The molecule has 162 valence electrons. The molecule has 3 rings (SSSR count). The highest BCUT2D eigenvalue weighted by Gasteiger charge is 2.24. The summed E-state index contributed by atoms with van der Waals surface area (Å²) in [5.41, 5.74) is 1.97. The van der Waals surface area contributed by atoms with Crippen LogP contribution in [0.25, 0.3) is 10.7 Å². The fourth-order valence-corrected chi connectivity index (χ4v) is 3.95. The molecule has 1 aromatic carbocycles. The molecule has 1 amide bonds. The van der Waals surface area contributed by atoms with E-state index < -0.39 is 12.0 Å². The summed E-state index contributed by atoms with van der Waals surface area (Å²) in [6, 6.07) is 10.1. The number of amides is 1. The van der Waals surface area contributed by atoms with Crippen LogP contribution < -0.4 is 14.8 Å². The molecular formula is C22H23N3O5S. The van der Waals surface area contributed by atoms with E-state index in [2.05, 4.69) is 15.3 Å². The Kier molecular flexibility index (Phi) is 7.19. The minimum Gasteiger partial charge on any atom is -0.493 e.